The monoisotopic (exact) mass is 529 g/mol. The summed E-state index contributed by atoms with van der Waals surface area (Å²) in [5.74, 6) is -0.877. The Morgan fingerprint density at radius 3 is 2.62 bits per heavy atom. The summed E-state index contributed by atoms with van der Waals surface area (Å²) in [4.78, 5) is 29.2. The number of rotatable bonds is 6. The van der Waals surface area contributed by atoms with E-state index in [1.165, 1.54) is 19.1 Å². The third-order valence-electron chi connectivity index (χ3n) is 4.79. The Hall–Kier alpha value is -2.97. The zero-order chi connectivity index (χ0) is 24.6. The number of benzene rings is 1. The number of aromatic nitrogens is 4. The first-order valence-electron chi connectivity index (χ1n) is 9.72. The Balaban J connectivity index is 1.66. The normalized spacial score (nSPS) is 16.0. The van der Waals surface area contributed by atoms with Gasteiger partial charge in [0.25, 0.3) is 5.56 Å². The molecule has 4 rings (SSSR count). The van der Waals surface area contributed by atoms with Gasteiger partial charge in [-0.25, -0.2) is 22.9 Å². The van der Waals surface area contributed by atoms with Crippen molar-refractivity contribution >= 4 is 33.2 Å². The summed E-state index contributed by atoms with van der Waals surface area (Å²) in [6.45, 7) is 2.07. The minimum absolute atomic E-state index is 0.0481. The third-order valence-corrected chi connectivity index (χ3v) is 6.90. The van der Waals surface area contributed by atoms with Crippen molar-refractivity contribution in [3.63, 3.8) is 0 Å². The van der Waals surface area contributed by atoms with E-state index in [1.807, 2.05) is 0 Å². The van der Waals surface area contributed by atoms with E-state index >= 15 is 0 Å². The number of aromatic amines is 1. The van der Waals surface area contributed by atoms with Gasteiger partial charge in [0.15, 0.2) is 11.5 Å². The lowest BCUT2D eigenvalue weighted by Crippen LogP contribution is -2.35. The van der Waals surface area contributed by atoms with E-state index in [2.05, 4.69) is 19.8 Å². The number of sulfonamides is 1. The highest BCUT2D eigenvalue weighted by atomic mass is 35.5. The summed E-state index contributed by atoms with van der Waals surface area (Å²) in [6.07, 6.45) is 1.41. The Labute approximate surface area is 202 Å². The lowest BCUT2D eigenvalue weighted by Gasteiger charge is -2.14. The first-order chi connectivity index (χ1) is 16.0. The Kier molecular flexibility index (Phi) is 6.64. The average molecular weight is 530 g/mol. The lowest BCUT2D eigenvalue weighted by atomic mass is 10.3. The van der Waals surface area contributed by atoms with Crippen molar-refractivity contribution in [2.45, 2.75) is 24.3 Å². The van der Waals surface area contributed by atoms with Crippen LogP contribution in [-0.2, 0) is 14.8 Å². The minimum atomic E-state index is -4.11. The molecule has 2 aromatic heterocycles. The fraction of sp³-hybridized carbons (Fsp3) is 0.263. The highest BCUT2D eigenvalue weighted by molar-refractivity contribution is 7.89. The molecule has 180 valence electrons. The maximum Gasteiger partial charge on any atom is 0.349 e. The van der Waals surface area contributed by atoms with Crippen LogP contribution in [0.25, 0.3) is 5.69 Å². The molecule has 1 fully saturated rings. The van der Waals surface area contributed by atoms with Gasteiger partial charge in [-0.15, -0.1) is 0 Å². The fourth-order valence-corrected chi connectivity index (χ4v) is 5.01. The minimum Gasteiger partial charge on any atom is -0.505 e. The topological polar surface area (TPSA) is 166 Å². The van der Waals surface area contributed by atoms with Crippen LogP contribution < -0.4 is 20.7 Å². The highest BCUT2D eigenvalue weighted by Gasteiger charge is 2.27. The molecule has 0 radical (unpaired) electrons. The third kappa shape index (κ3) is 4.93. The molecule has 34 heavy (non-hydrogen) atoms. The second-order valence-corrected chi connectivity index (χ2v) is 9.77. The van der Waals surface area contributed by atoms with Gasteiger partial charge in [-0.3, -0.25) is 9.78 Å². The van der Waals surface area contributed by atoms with Gasteiger partial charge in [-0.05, 0) is 25.5 Å². The second kappa shape index (κ2) is 9.35. The summed E-state index contributed by atoms with van der Waals surface area (Å²) in [5, 5.41) is 13.9. The van der Waals surface area contributed by atoms with Crippen LogP contribution in [0.4, 0.5) is 0 Å². The van der Waals surface area contributed by atoms with Crippen LogP contribution in [-0.4, -0.2) is 52.5 Å². The molecular formula is C19H17Cl2N5O7S. The van der Waals surface area contributed by atoms with E-state index < -0.39 is 38.0 Å². The summed E-state index contributed by atoms with van der Waals surface area (Å²) >= 11 is 12.6. The predicted molar refractivity (Wildman–Crippen MR) is 121 cm³/mol. The van der Waals surface area contributed by atoms with Gasteiger partial charge >= 0.3 is 5.69 Å². The second-order valence-electron chi connectivity index (χ2n) is 7.27. The quantitative estimate of drug-likeness (QED) is 0.428. The molecule has 3 heterocycles. The molecule has 1 atom stereocenters. The predicted octanol–water partition coefficient (Wildman–Crippen LogP) is 1.50. The van der Waals surface area contributed by atoms with Gasteiger partial charge in [0.05, 0.1) is 28.5 Å². The van der Waals surface area contributed by atoms with Gasteiger partial charge in [0, 0.05) is 18.7 Å². The van der Waals surface area contributed by atoms with Crippen LogP contribution in [0.3, 0.4) is 0 Å². The molecule has 0 spiro atoms. The first kappa shape index (κ1) is 24.2. The molecule has 3 N–H and O–H groups in total. The molecule has 1 aromatic carbocycles. The molecule has 0 saturated carbocycles. The van der Waals surface area contributed by atoms with Crippen LogP contribution in [0.1, 0.15) is 12.1 Å². The lowest BCUT2D eigenvalue weighted by molar-refractivity contribution is 0.192. The summed E-state index contributed by atoms with van der Waals surface area (Å²) < 4.78 is 39.5. The number of nitrogens with zero attached hydrogens (tertiary/aromatic N) is 3. The van der Waals surface area contributed by atoms with E-state index in [0.717, 1.165) is 16.9 Å². The van der Waals surface area contributed by atoms with E-state index in [0.29, 0.717) is 13.0 Å². The van der Waals surface area contributed by atoms with Crippen LogP contribution in [0.2, 0.25) is 10.0 Å². The van der Waals surface area contributed by atoms with Gasteiger partial charge in [0.1, 0.15) is 10.6 Å². The molecule has 1 unspecified atom stereocenters. The standard InChI is InChI=1S/C19H17Cl2N5O7S/c1-9-18(28)23-19(29)26(24-9)11-4-12(20)17(13(21)5-11)33-16-6-15(14(27)7-22-16)34(30,31)25-10-2-3-32-8-10/h4-7,10,25,27H,2-3,8H2,1H3,(H,23,28,29). The fourth-order valence-electron chi connectivity index (χ4n) is 3.12. The molecule has 3 aromatic rings. The number of ether oxygens (including phenoxy) is 2. The molecule has 1 saturated heterocycles. The summed E-state index contributed by atoms with van der Waals surface area (Å²) in [7, 11) is -4.11. The number of pyridine rings is 1. The van der Waals surface area contributed by atoms with E-state index in [1.54, 1.807) is 0 Å². The van der Waals surface area contributed by atoms with Crippen molar-refractivity contribution in [1.82, 2.24) is 24.5 Å². The largest absolute Gasteiger partial charge is 0.505 e. The zero-order valence-corrected chi connectivity index (χ0v) is 19.7. The van der Waals surface area contributed by atoms with Crippen molar-refractivity contribution in [2.75, 3.05) is 13.2 Å². The molecule has 0 bridgehead atoms. The Morgan fingerprint density at radius 1 is 1.26 bits per heavy atom. The van der Waals surface area contributed by atoms with E-state index in [-0.39, 0.29) is 39.7 Å². The average Bonchev–Trinajstić information content (AvgIpc) is 3.26. The number of halogens is 2. The number of hydrogen-bond donors (Lipinski definition) is 3. The number of hydrogen-bond acceptors (Lipinski definition) is 9. The molecule has 1 aliphatic rings. The van der Waals surface area contributed by atoms with Crippen LogP contribution >= 0.6 is 23.2 Å². The van der Waals surface area contributed by atoms with Crippen molar-refractivity contribution in [3.05, 3.63) is 61.0 Å². The molecule has 1 aliphatic heterocycles. The molecule has 0 aliphatic carbocycles. The van der Waals surface area contributed by atoms with Gasteiger partial charge < -0.3 is 14.6 Å². The number of H-pyrrole nitrogens is 1. The molecule has 0 amide bonds. The van der Waals surface area contributed by atoms with Crippen LogP contribution in [0, 0.1) is 6.92 Å². The van der Waals surface area contributed by atoms with Crippen molar-refractivity contribution < 1.29 is 23.0 Å². The number of aryl methyl sites for hydroxylation is 1. The summed E-state index contributed by atoms with van der Waals surface area (Å²) in [5.41, 5.74) is -1.23. The number of aromatic hydroxyl groups is 1. The van der Waals surface area contributed by atoms with Crippen LogP contribution in [0.5, 0.6) is 17.4 Å². The SMILES string of the molecule is Cc1nn(-c2cc(Cl)c(Oc3cc(S(=O)(=O)NC4CCOC4)c(O)cn3)c(Cl)c2)c(=O)[nH]c1=O. The van der Waals surface area contributed by atoms with Crippen molar-refractivity contribution in [1.29, 1.82) is 0 Å². The first-order valence-corrected chi connectivity index (χ1v) is 12.0. The van der Waals surface area contributed by atoms with Gasteiger partial charge in [0.2, 0.25) is 15.9 Å². The van der Waals surface area contributed by atoms with Gasteiger partial charge in [-0.2, -0.15) is 9.78 Å². The smallest absolute Gasteiger partial charge is 0.349 e. The maximum absolute atomic E-state index is 12.7. The zero-order valence-electron chi connectivity index (χ0n) is 17.4. The summed E-state index contributed by atoms with van der Waals surface area (Å²) in [6, 6.07) is 3.22. The Bertz CT molecular complexity index is 1460. The van der Waals surface area contributed by atoms with E-state index in [4.69, 9.17) is 32.7 Å². The molecule has 15 heteroatoms. The highest BCUT2D eigenvalue weighted by Crippen LogP contribution is 2.38. The number of nitrogens with one attached hydrogen (secondary N) is 2. The van der Waals surface area contributed by atoms with E-state index in [9.17, 15) is 23.1 Å². The van der Waals surface area contributed by atoms with Crippen molar-refractivity contribution in [2.24, 2.45) is 0 Å². The molecule has 12 nitrogen and oxygen atoms in total. The Morgan fingerprint density at radius 2 is 1.97 bits per heavy atom. The van der Waals surface area contributed by atoms with Crippen molar-refractivity contribution in [3.8, 4) is 23.1 Å². The molecular weight excluding hydrogens is 513 g/mol. The van der Waals surface area contributed by atoms with Gasteiger partial charge in [-0.1, -0.05) is 23.2 Å². The maximum atomic E-state index is 12.7. The van der Waals surface area contributed by atoms with Crippen LogP contribution in [0.15, 0.2) is 38.9 Å².